The van der Waals surface area contributed by atoms with Gasteiger partial charge in [-0.25, -0.2) is 4.79 Å². The minimum Gasteiger partial charge on any atom is -0.451 e. The number of hydrogen-bond donors (Lipinski definition) is 19. The first-order chi connectivity index (χ1) is 51.3. The lowest BCUT2D eigenvalue weighted by molar-refractivity contribution is -0.375. The van der Waals surface area contributed by atoms with Crippen LogP contribution in [0.5, 0.6) is 0 Å². The fraction of sp³-hybridized carbons (Fsp3) is 0.776. The molecule has 33 atom stereocenters. The Hall–Kier alpha value is -3.85. The maximum absolute atomic E-state index is 14.2. The topological polar surface area (TPSA) is 521 Å². The van der Waals surface area contributed by atoms with Gasteiger partial charge < -0.3 is 159 Å². The molecular formula is C76H124O33. The molecule has 0 aromatic heterocycles. The van der Waals surface area contributed by atoms with Gasteiger partial charge >= 0.3 is 5.97 Å². The Morgan fingerprint density at radius 2 is 0.798 bits per heavy atom. The van der Waals surface area contributed by atoms with Crippen LogP contribution in [0.25, 0.3) is 0 Å². The van der Waals surface area contributed by atoms with E-state index in [1.54, 1.807) is 19.9 Å². The standard InChI is InChI=1S/C76H124O33/c1-13-75(11,108-72-64(95)58(89)53(84)47(33-78)102-72)28-18-26-39(5)22-16-24-40(6)30-45(80)31-42(8)68(96)105-67-65(106-71-63(94)59(90)55(86)49(104-71)36-98-69-61(92)56(87)50(81)43(9)99-69)51(82)44(10)100-73(67)97-35-41(7)25-17-23-37(3)20-15-21-38(4)27-19-29-76(12,14-2)109-74-66(60(91)54(85)48(34-79)103-74)107-70-62(93)57(88)52(83)46(32-77)101-70/h13-14,20,24-27,31,43-67,69-74,77-95H,1-2,15-19,21-23,28-30,32-36H2,3-12H3. The second kappa shape index (κ2) is 43.8. The van der Waals surface area contributed by atoms with E-state index in [1.807, 2.05) is 58.9 Å². The van der Waals surface area contributed by atoms with Crippen molar-refractivity contribution < 1.29 is 163 Å². The zero-order valence-corrected chi connectivity index (χ0v) is 64.0. The van der Waals surface area contributed by atoms with E-state index in [-0.39, 0.29) is 18.6 Å². The van der Waals surface area contributed by atoms with Gasteiger partial charge in [-0.15, -0.1) is 13.2 Å². The average Bonchev–Trinajstić information content (AvgIpc) is 0.787. The SMILES string of the molecule is C=CC(C)(CCC=C(C)CCC=C(C)CC(O)C=C(C)C(=O)OC1C(OCC(C)=CCCC(C)=CCCC(C)=CCCC(C)(C=C)OC2OC(CO)C(O)C(O)C2OC2OC(CO)C(O)C(O)C2O)OC(C)C(O)C1OC1OC(COC2OC(C)C(O)C(O)C2O)C(O)C(O)C1O)OC1OC(CO)C(O)C(O)C1O. The summed E-state index contributed by atoms with van der Waals surface area (Å²) in [7, 11) is 0. The van der Waals surface area contributed by atoms with Gasteiger partial charge in [-0.2, -0.15) is 0 Å². The van der Waals surface area contributed by atoms with E-state index in [2.05, 4.69) is 19.2 Å². The minimum absolute atomic E-state index is 0.0588. The van der Waals surface area contributed by atoms with Gasteiger partial charge in [0, 0.05) is 5.57 Å². The molecule has 0 aromatic carbocycles. The molecule has 0 spiro atoms. The van der Waals surface area contributed by atoms with Crippen LogP contribution in [0.4, 0.5) is 0 Å². The quantitative estimate of drug-likeness (QED) is 0.0194. The van der Waals surface area contributed by atoms with Crippen molar-refractivity contribution >= 4 is 5.97 Å². The van der Waals surface area contributed by atoms with E-state index < -0.39 is 234 Å². The normalized spacial score (nSPS) is 39.8. The van der Waals surface area contributed by atoms with Crippen LogP contribution in [-0.4, -0.2) is 338 Å². The maximum Gasteiger partial charge on any atom is 0.334 e. The number of carbonyl (C=O) groups is 1. The Bertz CT molecular complexity index is 3000. The van der Waals surface area contributed by atoms with Crippen LogP contribution in [0.1, 0.15) is 140 Å². The van der Waals surface area contributed by atoms with Crippen LogP contribution in [0, 0.1) is 0 Å². The Labute approximate surface area is 636 Å². The largest absolute Gasteiger partial charge is 0.451 e. The van der Waals surface area contributed by atoms with Crippen LogP contribution in [0.2, 0.25) is 0 Å². The first kappa shape index (κ1) is 94.0. The summed E-state index contributed by atoms with van der Waals surface area (Å²) in [5.41, 5.74) is 2.51. The summed E-state index contributed by atoms with van der Waals surface area (Å²) < 4.78 is 76.9. The van der Waals surface area contributed by atoms with Crippen LogP contribution in [0.3, 0.4) is 0 Å². The van der Waals surface area contributed by atoms with Crippen molar-refractivity contribution in [3.05, 3.63) is 95.2 Å². The van der Waals surface area contributed by atoms with E-state index in [9.17, 15) is 102 Å². The van der Waals surface area contributed by atoms with Crippen molar-refractivity contribution in [2.45, 2.75) is 341 Å². The van der Waals surface area contributed by atoms with Gasteiger partial charge in [-0.1, -0.05) is 70.4 Å². The van der Waals surface area contributed by atoms with Crippen LogP contribution in [-0.2, 0) is 66.4 Å². The predicted octanol–water partition coefficient (Wildman–Crippen LogP) is -1.27. The van der Waals surface area contributed by atoms with Crippen LogP contribution in [0.15, 0.2) is 95.2 Å². The Balaban J connectivity index is 1.07. The van der Waals surface area contributed by atoms with Gasteiger partial charge in [0.1, 0.15) is 128 Å². The second-order valence-electron chi connectivity index (χ2n) is 30.0. The van der Waals surface area contributed by atoms with E-state index in [0.29, 0.717) is 64.2 Å². The number of aliphatic hydroxyl groups is 19. The Morgan fingerprint density at radius 1 is 0.413 bits per heavy atom. The van der Waals surface area contributed by atoms with E-state index >= 15 is 0 Å². The van der Waals surface area contributed by atoms with Crippen molar-refractivity contribution in [1.29, 1.82) is 0 Å². The van der Waals surface area contributed by atoms with Gasteiger partial charge in [0.05, 0.1) is 62.5 Å². The second-order valence-corrected chi connectivity index (χ2v) is 30.0. The monoisotopic (exact) mass is 1560 g/mol. The van der Waals surface area contributed by atoms with Gasteiger partial charge in [0.25, 0.3) is 0 Å². The molecular weight excluding hydrogens is 1440 g/mol. The zero-order chi connectivity index (χ0) is 81.1. The van der Waals surface area contributed by atoms with Crippen LogP contribution >= 0.6 is 0 Å². The lowest BCUT2D eigenvalue weighted by Gasteiger charge is -2.47. The molecule has 0 amide bonds. The first-order valence-electron chi connectivity index (χ1n) is 37.3. The van der Waals surface area contributed by atoms with E-state index in [1.165, 1.54) is 32.9 Å². The number of ether oxygens (including phenoxy) is 13. The molecule has 0 saturated carbocycles. The molecule has 6 heterocycles. The summed E-state index contributed by atoms with van der Waals surface area (Å²) in [4.78, 5) is 14.2. The molecule has 33 heteroatoms. The molecule has 0 radical (unpaired) electrons. The maximum atomic E-state index is 14.2. The number of allylic oxidation sites excluding steroid dienone is 8. The van der Waals surface area contributed by atoms with Gasteiger partial charge in [-0.3, -0.25) is 0 Å². The molecule has 19 N–H and O–H groups in total. The molecule has 33 nitrogen and oxygen atoms in total. The fourth-order valence-electron chi connectivity index (χ4n) is 13.3. The lowest BCUT2D eigenvalue weighted by Crippen LogP contribution is -2.65. The van der Waals surface area contributed by atoms with Gasteiger partial charge in [-0.05, 0) is 146 Å². The third-order valence-corrected chi connectivity index (χ3v) is 20.8. The number of rotatable bonds is 39. The molecule has 6 aliphatic heterocycles. The molecule has 6 fully saturated rings. The highest BCUT2D eigenvalue weighted by Crippen LogP contribution is 2.37. The summed E-state index contributed by atoms with van der Waals surface area (Å²) in [6.45, 7) is 22.4. The van der Waals surface area contributed by atoms with Crippen molar-refractivity contribution in [2.24, 2.45) is 0 Å². The van der Waals surface area contributed by atoms with E-state index in [4.69, 9.17) is 61.6 Å². The third kappa shape index (κ3) is 26.1. The molecule has 109 heavy (non-hydrogen) atoms. The summed E-state index contributed by atoms with van der Waals surface area (Å²) >= 11 is 0. The number of hydrogen-bond acceptors (Lipinski definition) is 33. The summed E-state index contributed by atoms with van der Waals surface area (Å²) in [5.74, 6) is -0.986. The smallest absolute Gasteiger partial charge is 0.334 e. The Morgan fingerprint density at radius 3 is 1.30 bits per heavy atom. The van der Waals surface area contributed by atoms with Gasteiger partial charge in [0.2, 0.25) is 0 Å². The minimum atomic E-state index is -1.99. The highest BCUT2D eigenvalue weighted by atomic mass is 16.8. The highest BCUT2D eigenvalue weighted by Gasteiger charge is 2.55. The summed E-state index contributed by atoms with van der Waals surface area (Å²) in [5, 5.41) is 201. The zero-order valence-electron chi connectivity index (χ0n) is 64.0. The fourth-order valence-corrected chi connectivity index (χ4v) is 13.3. The predicted molar refractivity (Wildman–Crippen MR) is 385 cm³/mol. The highest BCUT2D eigenvalue weighted by molar-refractivity contribution is 5.88. The molecule has 0 bridgehead atoms. The molecule has 6 aliphatic rings. The Kier molecular flexibility index (Phi) is 37.7. The number of esters is 1. The number of carbonyl (C=O) groups excluding carboxylic acids is 1. The molecule has 6 saturated heterocycles. The number of aliphatic hydroxyl groups excluding tert-OH is 19. The third-order valence-electron chi connectivity index (χ3n) is 20.8. The summed E-state index contributed by atoms with van der Waals surface area (Å²) in [6, 6.07) is 0. The first-order valence-corrected chi connectivity index (χ1v) is 37.3. The van der Waals surface area contributed by atoms with Crippen molar-refractivity contribution in [3.63, 3.8) is 0 Å². The van der Waals surface area contributed by atoms with Gasteiger partial charge in [0.15, 0.2) is 43.8 Å². The van der Waals surface area contributed by atoms with Crippen LogP contribution < -0.4 is 0 Å². The van der Waals surface area contributed by atoms with Crippen molar-refractivity contribution in [2.75, 3.05) is 33.0 Å². The molecule has 6 rings (SSSR count). The summed E-state index contributed by atoms with van der Waals surface area (Å²) in [6.07, 6.45) is -28.3. The van der Waals surface area contributed by atoms with Crippen molar-refractivity contribution in [3.8, 4) is 0 Å². The molecule has 0 aliphatic carbocycles. The van der Waals surface area contributed by atoms with E-state index in [0.717, 1.165) is 27.9 Å². The average molecular weight is 1570 g/mol. The van der Waals surface area contributed by atoms with Crippen molar-refractivity contribution in [1.82, 2.24) is 0 Å². The lowest BCUT2D eigenvalue weighted by atomic mass is 9.95. The molecule has 626 valence electrons. The molecule has 33 unspecified atom stereocenters. The molecule has 0 aromatic rings.